The smallest absolute Gasteiger partial charge is 0.307 e. The summed E-state index contributed by atoms with van der Waals surface area (Å²) in [5.41, 5.74) is 5.37. The molecule has 5 rings (SSSR count). The molecular weight excluding hydrogens is 374 g/mol. The number of hydrogen-bond acceptors (Lipinski definition) is 3. The van der Waals surface area contributed by atoms with E-state index in [2.05, 4.69) is 47.3 Å². The van der Waals surface area contributed by atoms with Gasteiger partial charge in [-0.15, -0.1) is 0 Å². The van der Waals surface area contributed by atoms with Crippen molar-refractivity contribution in [3.8, 4) is 0 Å². The molecule has 148 valence electrons. The summed E-state index contributed by atoms with van der Waals surface area (Å²) in [6.07, 6.45) is 3.73. The summed E-state index contributed by atoms with van der Waals surface area (Å²) < 4.78 is 7.95. The van der Waals surface area contributed by atoms with E-state index in [1.165, 1.54) is 0 Å². The third-order valence-corrected chi connectivity index (χ3v) is 5.35. The number of para-hydroxylation sites is 1. The first-order chi connectivity index (χ1) is 14.6. The fourth-order valence-corrected chi connectivity index (χ4v) is 3.88. The van der Waals surface area contributed by atoms with Crippen molar-refractivity contribution in [3.63, 3.8) is 0 Å². The molecule has 0 radical (unpaired) electrons. The number of amides is 1. The molecule has 30 heavy (non-hydrogen) atoms. The second-order valence-electron chi connectivity index (χ2n) is 7.61. The van der Waals surface area contributed by atoms with Crippen LogP contribution in [0.25, 0.3) is 32.6 Å². The Morgan fingerprint density at radius 1 is 1.00 bits per heavy atom. The Morgan fingerprint density at radius 3 is 2.60 bits per heavy atom. The standard InChI is InChI=1S/C25H21N3O2/c1-16(2)28-15-18(20-9-5-6-10-22(20)28)14-26-27-25(29)24-13-21-19-8-4-3-7-17(19)11-12-23(21)30-24/h3-16H,1-2H3,(H,27,29)/b26-14+. The number of benzene rings is 3. The lowest BCUT2D eigenvalue weighted by atomic mass is 10.1. The first-order valence-corrected chi connectivity index (χ1v) is 9.96. The average molecular weight is 395 g/mol. The van der Waals surface area contributed by atoms with Crippen LogP contribution >= 0.6 is 0 Å². The third kappa shape index (κ3) is 3.05. The van der Waals surface area contributed by atoms with Gasteiger partial charge in [-0.2, -0.15) is 5.10 Å². The molecule has 1 N–H and O–H groups in total. The Labute approximate surface area is 173 Å². The molecule has 3 aromatic carbocycles. The summed E-state index contributed by atoms with van der Waals surface area (Å²) >= 11 is 0. The molecule has 1 amide bonds. The van der Waals surface area contributed by atoms with Crippen molar-refractivity contribution in [2.75, 3.05) is 0 Å². The number of furan rings is 1. The summed E-state index contributed by atoms with van der Waals surface area (Å²) in [4.78, 5) is 12.6. The SMILES string of the molecule is CC(C)n1cc(/C=N/NC(=O)c2cc3c(ccc4ccccc43)o2)c2ccccc21. The summed E-state index contributed by atoms with van der Waals surface area (Å²) in [7, 11) is 0. The molecule has 0 bridgehead atoms. The average Bonchev–Trinajstić information content (AvgIpc) is 3.36. The van der Waals surface area contributed by atoms with Crippen LogP contribution in [0.4, 0.5) is 0 Å². The van der Waals surface area contributed by atoms with Crippen LogP contribution in [0.1, 0.15) is 36.0 Å². The number of fused-ring (bicyclic) bond motifs is 4. The zero-order chi connectivity index (χ0) is 20.7. The molecule has 5 heteroatoms. The van der Waals surface area contributed by atoms with Gasteiger partial charge in [-0.3, -0.25) is 4.79 Å². The lowest BCUT2D eigenvalue weighted by molar-refractivity contribution is 0.0929. The van der Waals surface area contributed by atoms with Gasteiger partial charge in [0.1, 0.15) is 5.58 Å². The Balaban J connectivity index is 1.42. The quantitative estimate of drug-likeness (QED) is 0.305. The summed E-state index contributed by atoms with van der Waals surface area (Å²) in [5.74, 6) is -0.137. The minimum atomic E-state index is -0.376. The Hall–Kier alpha value is -3.86. The second kappa shape index (κ2) is 7.19. The van der Waals surface area contributed by atoms with E-state index < -0.39 is 0 Å². The number of rotatable bonds is 4. The van der Waals surface area contributed by atoms with E-state index in [9.17, 15) is 4.79 Å². The van der Waals surface area contributed by atoms with Gasteiger partial charge in [0.25, 0.3) is 0 Å². The molecule has 0 saturated carbocycles. The number of aromatic nitrogens is 1. The fraction of sp³-hybridized carbons (Fsp3) is 0.120. The van der Waals surface area contributed by atoms with Gasteiger partial charge < -0.3 is 8.98 Å². The molecule has 0 saturated heterocycles. The highest BCUT2D eigenvalue weighted by Gasteiger charge is 2.14. The van der Waals surface area contributed by atoms with Crippen molar-refractivity contribution in [1.29, 1.82) is 0 Å². The molecule has 5 nitrogen and oxygen atoms in total. The van der Waals surface area contributed by atoms with E-state index in [4.69, 9.17) is 4.42 Å². The monoisotopic (exact) mass is 395 g/mol. The molecule has 0 spiro atoms. The van der Waals surface area contributed by atoms with Crippen LogP contribution in [-0.2, 0) is 0 Å². The summed E-state index contributed by atoms with van der Waals surface area (Å²) in [5, 5.41) is 8.36. The largest absolute Gasteiger partial charge is 0.451 e. The number of carbonyl (C=O) groups excluding carboxylic acids is 1. The zero-order valence-electron chi connectivity index (χ0n) is 16.8. The van der Waals surface area contributed by atoms with E-state index in [1.54, 1.807) is 12.3 Å². The molecule has 2 heterocycles. The fourth-order valence-electron chi connectivity index (χ4n) is 3.88. The lowest BCUT2D eigenvalue weighted by Crippen LogP contribution is -2.16. The molecule has 0 unspecified atom stereocenters. The van der Waals surface area contributed by atoms with Gasteiger partial charge in [0.05, 0.1) is 6.21 Å². The van der Waals surface area contributed by atoms with Crippen LogP contribution in [0, 0.1) is 0 Å². The first kappa shape index (κ1) is 18.2. The minimum Gasteiger partial charge on any atom is -0.451 e. The van der Waals surface area contributed by atoms with Crippen molar-refractivity contribution in [1.82, 2.24) is 9.99 Å². The van der Waals surface area contributed by atoms with Crippen molar-refractivity contribution in [2.24, 2.45) is 5.10 Å². The highest BCUT2D eigenvalue weighted by atomic mass is 16.3. The zero-order valence-corrected chi connectivity index (χ0v) is 16.8. The molecule has 0 aliphatic rings. The molecule has 0 aliphatic heterocycles. The Morgan fingerprint density at radius 2 is 1.77 bits per heavy atom. The molecule has 2 aromatic heterocycles. The van der Waals surface area contributed by atoms with E-state index in [0.717, 1.165) is 32.6 Å². The van der Waals surface area contributed by atoms with Crippen LogP contribution in [0.15, 0.2) is 82.4 Å². The maximum Gasteiger partial charge on any atom is 0.307 e. The van der Waals surface area contributed by atoms with Crippen molar-refractivity contribution in [3.05, 3.63) is 84.3 Å². The van der Waals surface area contributed by atoms with Gasteiger partial charge in [0.2, 0.25) is 0 Å². The van der Waals surface area contributed by atoms with Crippen LogP contribution in [0.5, 0.6) is 0 Å². The predicted octanol–water partition coefficient (Wildman–Crippen LogP) is 5.89. The first-order valence-electron chi connectivity index (χ1n) is 9.96. The van der Waals surface area contributed by atoms with Gasteiger partial charge in [-0.1, -0.05) is 48.5 Å². The minimum absolute atomic E-state index is 0.239. The highest BCUT2D eigenvalue weighted by Crippen LogP contribution is 2.28. The lowest BCUT2D eigenvalue weighted by Gasteiger charge is -2.08. The summed E-state index contributed by atoms with van der Waals surface area (Å²) in [6, 6.07) is 22.2. The van der Waals surface area contributed by atoms with Crippen LogP contribution in [-0.4, -0.2) is 16.7 Å². The van der Waals surface area contributed by atoms with E-state index >= 15 is 0 Å². The van der Waals surface area contributed by atoms with Crippen molar-refractivity contribution < 1.29 is 9.21 Å². The number of carbonyl (C=O) groups is 1. The van der Waals surface area contributed by atoms with Gasteiger partial charge in [0, 0.05) is 34.1 Å². The van der Waals surface area contributed by atoms with Crippen LogP contribution in [0.3, 0.4) is 0 Å². The topological polar surface area (TPSA) is 59.5 Å². The van der Waals surface area contributed by atoms with E-state index in [0.29, 0.717) is 11.6 Å². The van der Waals surface area contributed by atoms with Crippen LogP contribution < -0.4 is 5.43 Å². The molecular formula is C25H21N3O2. The molecule has 0 atom stereocenters. The predicted molar refractivity (Wildman–Crippen MR) is 121 cm³/mol. The van der Waals surface area contributed by atoms with Gasteiger partial charge in [-0.25, -0.2) is 5.43 Å². The van der Waals surface area contributed by atoms with Crippen LogP contribution in [0.2, 0.25) is 0 Å². The highest BCUT2D eigenvalue weighted by molar-refractivity contribution is 6.08. The number of nitrogens with one attached hydrogen (secondary N) is 1. The normalized spacial score (nSPS) is 12.0. The molecule has 0 aliphatic carbocycles. The van der Waals surface area contributed by atoms with E-state index in [1.807, 2.05) is 48.5 Å². The Bertz CT molecular complexity index is 1420. The molecule has 0 fully saturated rings. The number of nitrogens with zero attached hydrogens (tertiary/aromatic N) is 2. The summed E-state index contributed by atoms with van der Waals surface area (Å²) in [6.45, 7) is 4.28. The van der Waals surface area contributed by atoms with Gasteiger partial charge in [0.15, 0.2) is 5.76 Å². The van der Waals surface area contributed by atoms with Gasteiger partial charge in [-0.05, 0) is 42.8 Å². The van der Waals surface area contributed by atoms with Gasteiger partial charge >= 0.3 is 5.91 Å². The Kier molecular flexibility index (Phi) is 4.36. The third-order valence-electron chi connectivity index (χ3n) is 5.35. The number of hydrogen-bond donors (Lipinski definition) is 1. The maximum absolute atomic E-state index is 12.6. The molecule has 5 aromatic rings. The van der Waals surface area contributed by atoms with Crippen molar-refractivity contribution >= 4 is 44.8 Å². The maximum atomic E-state index is 12.6. The number of hydrazone groups is 1. The second-order valence-corrected chi connectivity index (χ2v) is 7.61. The van der Waals surface area contributed by atoms with Crippen molar-refractivity contribution in [2.45, 2.75) is 19.9 Å². The van der Waals surface area contributed by atoms with E-state index in [-0.39, 0.29) is 11.7 Å².